The van der Waals surface area contributed by atoms with Crippen molar-refractivity contribution in [3.05, 3.63) is 5.82 Å². The maximum Gasteiger partial charge on any atom is 0.202 e. The molecule has 4 nitrogen and oxygen atoms in total. The van der Waals surface area contributed by atoms with Crippen molar-refractivity contribution in [1.29, 1.82) is 0 Å². The Balaban J connectivity index is 1.67. The summed E-state index contributed by atoms with van der Waals surface area (Å²) >= 11 is 1.49. The van der Waals surface area contributed by atoms with Gasteiger partial charge in [-0.3, -0.25) is 0 Å². The summed E-state index contributed by atoms with van der Waals surface area (Å²) in [6.45, 7) is 5.20. The Hall–Kier alpha value is -0.680. The Bertz CT molecular complexity index is 407. The molecule has 0 bridgehead atoms. The summed E-state index contributed by atoms with van der Waals surface area (Å²) in [5, 5.41) is 4.58. The fourth-order valence-corrected chi connectivity index (χ4v) is 3.81. The van der Waals surface area contributed by atoms with Gasteiger partial charge in [0, 0.05) is 36.0 Å². The summed E-state index contributed by atoms with van der Waals surface area (Å²) in [5.74, 6) is 2.04. The van der Waals surface area contributed by atoms with Crippen LogP contribution in [0.15, 0.2) is 0 Å². The van der Waals surface area contributed by atoms with E-state index in [9.17, 15) is 0 Å². The molecule has 1 aliphatic heterocycles. The molecule has 1 aliphatic carbocycles. The Kier molecular flexibility index (Phi) is 3.52. The maximum atomic E-state index is 5.80. The second kappa shape index (κ2) is 5.13. The summed E-state index contributed by atoms with van der Waals surface area (Å²) in [7, 11) is 0. The number of anilines is 1. The first kappa shape index (κ1) is 12.4. The van der Waals surface area contributed by atoms with Crippen LogP contribution in [0.5, 0.6) is 0 Å². The molecule has 3 rings (SSSR count). The minimum Gasteiger partial charge on any atom is -0.378 e. The van der Waals surface area contributed by atoms with Gasteiger partial charge in [-0.05, 0) is 25.7 Å². The van der Waals surface area contributed by atoms with Crippen LogP contribution in [-0.4, -0.2) is 28.1 Å². The average Bonchev–Trinajstić information content (AvgIpc) is 2.97. The van der Waals surface area contributed by atoms with Crippen LogP contribution in [0.3, 0.4) is 0 Å². The highest BCUT2D eigenvalue weighted by Gasteiger charge is 2.37. The molecule has 2 heterocycles. The normalized spacial score (nSPS) is 31.6. The van der Waals surface area contributed by atoms with Crippen molar-refractivity contribution in [3.8, 4) is 0 Å². The molecule has 1 N–H and O–H groups in total. The minimum atomic E-state index is 0.408. The summed E-state index contributed by atoms with van der Waals surface area (Å²) in [5.41, 5.74) is 0. The van der Waals surface area contributed by atoms with E-state index in [-0.39, 0.29) is 0 Å². The first-order chi connectivity index (χ1) is 8.74. The summed E-state index contributed by atoms with van der Waals surface area (Å²) in [4.78, 5) is 4.57. The predicted octanol–water partition coefficient (Wildman–Crippen LogP) is 3.03. The van der Waals surface area contributed by atoms with Gasteiger partial charge in [0.1, 0.15) is 5.82 Å². The lowest BCUT2D eigenvalue weighted by Gasteiger charge is -2.32. The molecule has 100 valence electrons. The van der Waals surface area contributed by atoms with Gasteiger partial charge in [-0.2, -0.15) is 4.37 Å². The van der Waals surface area contributed by atoms with Crippen molar-refractivity contribution in [2.24, 2.45) is 5.92 Å². The molecule has 2 aliphatic rings. The van der Waals surface area contributed by atoms with E-state index in [1.54, 1.807) is 0 Å². The van der Waals surface area contributed by atoms with Crippen LogP contribution in [0, 0.1) is 5.92 Å². The standard InChI is InChI=1S/C13H21N3OS/c1-8(2)12-15-13(18-16-12)14-10-4-3-5-11-9(10)6-7-17-11/h8-11H,3-7H2,1-2H3,(H,14,15,16)/t9-,10+,11-/m0/s1. The first-order valence-corrected chi connectivity index (χ1v) is 7.73. The zero-order valence-electron chi connectivity index (χ0n) is 11.1. The van der Waals surface area contributed by atoms with E-state index in [0.717, 1.165) is 17.6 Å². The molecule has 0 unspecified atom stereocenters. The topological polar surface area (TPSA) is 47.0 Å². The quantitative estimate of drug-likeness (QED) is 0.914. The van der Waals surface area contributed by atoms with E-state index < -0.39 is 0 Å². The van der Waals surface area contributed by atoms with Gasteiger partial charge in [0.25, 0.3) is 0 Å². The van der Waals surface area contributed by atoms with E-state index in [1.165, 1.54) is 37.2 Å². The molecule has 1 aromatic heterocycles. The lowest BCUT2D eigenvalue weighted by atomic mass is 9.82. The highest BCUT2D eigenvalue weighted by atomic mass is 32.1. The molecule has 0 radical (unpaired) electrons. The predicted molar refractivity (Wildman–Crippen MR) is 73.1 cm³/mol. The Labute approximate surface area is 112 Å². The fourth-order valence-electron chi connectivity index (χ4n) is 3.04. The third kappa shape index (κ3) is 2.38. The molecule has 2 fully saturated rings. The molecule has 0 amide bonds. The molecule has 18 heavy (non-hydrogen) atoms. The van der Waals surface area contributed by atoms with Gasteiger partial charge in [-0.25, -0.2) is 4.98 Å². The molecular weight excluding hydrogens is 246 g/mol. The van der Waals surface area contributed by atoms with Crippen molar-refractivity contribution >= 4 is 16.7 Å². The van der Waals surface area contributed by atoms with Crippen LogP contribution in [0.25, 0.3) is 0 Å². The van der Waals surface area contributed by atoms with Crippen LogP contribution in [-0.2, 0) is 4.74 Å². The Morgan fingerprint density at radius 2 is 2.22 bits per heavy atom. The molecule has 0 spiro atoms. The second-order valence-corrected chi connectivity index (χ2v) is 6.41. The van der Waals surface area contributed by atoms with Crippen LogP contribution in [0.4, 0.5) is 5.13 Å². The van der Waals surface area contributed by atoms with Gasteiger partial charge in [-0.1, -0.05) is 13.8 Å². The third-order valence-electron chi connectivity index (χ3n) is 4.05. The Morgan fingerprint density at radius 1 is 1.33 bits per heavy atom. The smallest absolute Gasteiger partial charge is 0.202 e. The van der Waals surface area contributed by atoms with Gasteiger partial charge < -0.3 is 10.1 Å². The van der Waals surface area contributed by atoms with Crippen LogP contribution >= 0.6 is 11.5 Å². The lowest BCUT2D eigenvalue weighted by Crippen LogP contribution is -2.38. The number of nitrogens with one attached hydrogen (secondary N) is 1. The number of ether oxygens (including phenoxy) is 1. The molecular formula is C13H21N3OS. The SMILES string of the molecule is CC(C)c1nsc(N[C@@H]2CCC[C@@H]3OCC[C@H]32)n1. The zero-order chi connectivity index (χ0) is 12.5. The molecule has 0 aromatic carbocycles. The van der Waals surface area contributed by atoms with E-state index in [1.807, 2.05) is 0 Å². The second-order valence-electron chi connectivity index (χ2n) is 5.66. The van der Waals surface area contributed by atoms with E-state index in [2.05, 4.69) is 28.5 Å². The fraction of sp³-hybridized carbons (Fsp3) is 0.846. The lowest BCUT2D eigenvalue weighted by molar-refractivity contribution is 0.0620. The highest BCUT2D eigenvalue weighted by Crippen LogP contribution is 2.36. The molecule has 5 heteroatoms. The first-order valence-electron chi connectivity index (χ1n) is 6.96. The number of hydrogen-bond acceptors (Lipinski definition) is 5. The van der Waals surface area contributed by atoms with Crippen molar-refractivity contribution < 1.29 is 4.74 Å². The number of rotatable bonds is 3. The van der Waals surface area contributed by atoms with Gasteiger partial charge in [0.05, 0.1) is 6.10 Å². The maximum absolute atomic E-state index is 5.80. The largest absolute Gasteiger partial charge is 0.378 e. The molecule has 3 atom stereocenters. The van der Waals surface area contributed by atoms with Gasteiger partial charge in [0.15, 0.2) is 0 Å². The number of hydrogen-bond donors (Lipinski definition) is 1. The number of aromatic nitrogens is 2. The van der Waals surface area contributed by atoms with Gasteiger partial charge >= 0.3 is 0 Å². The number of fused-ring (bicyclic) bond motifs is 1. The van der Waals surface area contributed by atoms with Crippen molar-refractivity contribution in [2.45, 2.75) is 57.6 Å². The van der Waals surface area contributed by atoms with Crippen molar-refractivity contribution in [1.82, 2.24) is 9.36 Å². The summed E-state index contributed by atoms with van der Waals surface area (Å²) in [6.07, 6.45) is 5.40. The minimum absolute atomic E-state index is 0.408. The van der Waals surface area contributed by atoms with Gasteiger partial charge in [-0.15, -0.1) is 0 Å². The summed E-state index contributed by atoms with van der Waals surface area (Å²) in [6, 6.07) is 0.527. The average molecular weight is 267 g/mol. The van der Waals surface area contributed by atoms with Crippen molar-refractivity contribution in [3.63, 3.8) is 0 Å². The van der Waals surface area contributed by atoms with Crippen LogP contribution < -0.4 is 5.32 Å². The highest BCUT2D eigenvalue weighted by molar-refractivity contribution is 7.09. The molecule has 1 saturated heterocycles. The summed E-state index contributed by atoms with van der Waals surface area (Å²) < 4.78 is 10.2. The number of nitrogens with zero attached hydrogens (tertiary/aromatic N) is 2. The van der Waals surface area contributed by atoms with E-state index in [4.69, 9.17) is 4.74 Å². The zero-order valence-corrected chi connectivity index (χ0v) is 11.9. The van der Waals surface area contributed by atoms with E-state index >= 15 is 0 Å². The Morgan fingerprint density at radius 3 is 3.00 bits per heavy atom. The van der Waals surface area contributed by atoms with Crippen LogP contribution in [0.1, 0.15) is 51.3 Å². The third-order valence-corrected chi connectivity index (χ3v) is 4.71. The van der Waals surface area contributed by atoms with Gasteiger partial charge in [0.2, 0.25) is 5.13 Å². The molecule has 1 saturated carbocycles. The van der Waals surface area contributed by atoms with Crippen molar-refractivity contribution in [2.75, 3.05) is 11.9 Å². The monoisotopic (exact) mass is 267 g/mol. The van der Waals surface area contributed by atoms with Crippen LogP contribution in [0.2, 0.25) is 0 Å². The molecule has 1 aromatic rings. The van der Waals surface area contributed by atoms with E-state index in [0.29, 0.717) is 24.0 Å².